The summed E-state index contributed by atoms with van der Waals surface area (Å²) in [5.41, 5.74) is 6.93. The standard InChI is InChI=1S/C15H20N2O3/c1-20-15(19)11-5-3-7-13(9-11)17-14(18)10-4-2-6-12(16)8-10/h3,5,7,9-10,12H,2,4,6,8,16H2,1H3,(H,17,18). The zero-order valence-corrected chi connectivity index (χ0v) is 11.6. The Balaban J connectivity index is 2.02. The molecule has 2 rings (SSSR count). The maximum absolute atomic E-state index is 12.2. The predicted octanol–water partition coefficient (Wildman–Crippen LogP) is 1.93. The van der Waals surface area contributed by atoms with E-state index in [2.05, 4.69) is 10.1 Å². The zero-order valence-electron chi connectivity index (χ0n) is 11.6. The number of carbonyl (C=O) groups is 2. The van der Waals surface area contributed by atoms with Gasteiger partial charge in [0.25, 0.3) is 0 Å². The Bertz CT molecular complexity index is 502. The number of anilines is 1. The highest BCUT2D eigenvalue weighted by Gasteiger charge is 2.25. The third-order valence-corrected chi connectivity index (χ3v) is 3.64. The number of amides is 1. The second kappa shape index (κ2) is 6.52. The molecule has 1 aromatic rings. The van der Waals surface area contributed by atoms with E-state index in [0.717, 1.165) is 25.7 Å². The average molecular weight is 276 g/mol. The predicted molar refractivity (Wildman–Crippen MR) is 76.3 cm³/mol. The van der Waals surface area contributed by atoms with Gasteiger partial charge in [0.05, 0.1) is 12.7 Å². The quantitative estimate of drug-likeness (QED) is 0.826. The Morgan fingerprint density at radius 3 is 2.85 bits per heavy atom. The van der Waals surface area contributed by atoms with Crippen molar-refractivity contribution >= 4 is 17.6 Å². The topological polar surface area (TPSA) is 81.4 Å². The fourth-order valence-corrected chi connectivity index (χ4v) is 2.55. The van der Waals surface area contributed by atoms with Crippen LogP contribution < -0.4 is 11.1 Å². The van der Waals surface area contributed by atoms with Gasteiger partial charge in [-0.3, -0.25) is 4.79 Å². The molecule has 2 unspecified atom stereocenters. The molecule has 0 heterocycles. The Morgan fingerprint density at radius 1 is 1.35 bits per heavy atom. The summed E-state index contributed by atoms with van der Waals surface area (Å²) in [6, 6.07) is 6.85. The van der Waals surface area contributed by atoms with Crippen LogP contribution in [0.4, 0.5) is 5.69 Å². The van der Waals surface area contributed by atoms with Crippen molar-refractivity contribution in [3.8, 4) is 0 Å². The molecule has 5 heteroatoms. The van der Waals surface area contributed by atoms with Gasteiger partial charge < -0.3 is 15.8 Å². The van der Waals surface area contributed by atoms with Gasteiger partial charge in [-0.25, -0.2) is 4.79 Å². The van der Waals surface area contributed by atoms with Gasteiger partial charge in [-0.1, -0.05) is 12.5 Å². The molecule has 0 bridgehead atoms. The fraction of sp³-hybridized carbons (Fsp3) is 0.467. The van der Waals surface area contributed by atoms with E-state index >= 15 is 0 Å². The maximum Gasteiger partial charge on any atom is 0.337 e. The number of carbonyl (C=O) groups excluding carboxylic acids is 2. The lowest BCUT2D eigenvalue weighted by atomic mass is 9.85. The van der Waals surface area contributed by atoms with Crippen LogP contribution in [0.1, 0.15) is 36.0 Å². The highest BCUT2D eigenvalue weighted by molar-refractivity contribution is 5.95. The molecule has 1 fully saturated rings. The SMILES string of the molecule is COC(=O)c1cccc(NC(=O)C2CCCC(N)C2)c1. The summed E-state index contributed by atoms with van der Waals surface area (Å²) in [7, 11) is 1.33. The maximum atomic E-state index is 12.2. The summed E-state index contributed by atoms with van der Waals surface area (Å²) in [6.07, 6.45) is 3.57. The number of methoxy groups -OCH3 is 1. The first kappa shape index (κ1) is 14.5. The van der Waals surface area contributed by atoms with E-state index in [9.17, 15) is 9.59 Å². The van der Waals surface area contributed by atoms with Crippen LogP contribution in [0.5, 0.6) is 0 Å². The lowest BCUT2D eigenvalue weighted by Gasteiger charge is -2.25. The van der Waals surface area contributed by atoms with Crippen molar-refractivity contribution in [3.05, 3.63) is 29.8 Å². The van der Waals surface area contributed by atoms with Crippen LogP contribution >= 0.6 is 0 Å². The summed E-state index contributed by atoms with van der Waals surface area (Å²) in [6.45, 7) is 0. The normalized spacial score (nSPS) is 22.1. The zero-order chi connectivity index (χ0) is 14.5. The third kappa shape index (κ3) is 3.57. The van der Waals surface area contributed by atoms with Crippen LogP contribution in [0.3, 0.4) is 0 Å². The average Bonchev–Trinajstić information content (AvgIpc) is 2.46. The first-order valence-electron chi connectivity index (χ1n) is 6.85. The highest BCUT2D eigenvalue weighted by atomic mass is 16.5. The number of rotatable bonds is 3. The number of nitrogens with one attached hydrogen (secondary N) is 1. The smallest absolute Gasteiger partial charge is 0.337 e. The minimum absolute atomic E-state index is 0.0258. The van der Waals surface area contributed by atoms with Crippen LogP contribution in [0.2, 0.25) is 0 Å². The summed E-state index contributed by atoms with van der Waals surface area (Å²) in [5.74, 6) is -0.483. The third-order valence-electron chi connectivity index (χ3n) is 3.64. The number of hydrogen-bond acceptors (Lipinski definition) is 4. The first-order valence-corrected chi connectivity index (χ1v) is 6.85. The summed E-state index contributed by atoms with van der Waals surface area (Å²) in [4.78, 5) is 23.6. The van der Waals surface area contributed by atoms with E-state index in [-0.39, 0.29) is 17.9 Å². The summed E-state index contributed by atoms with van der Waals surface area (Å²) in [5, 5.41) is 2.85. The van der Waals surface area contributed by atoms with Gasteiger partial charge >= 0.3 is 5.97 Å². The Hall–Kier alpha value is -1.88. The second-order valence-corrected chi connectivity index (χ2v) is 5.19. The molecule has 20 heavy (non-hydrogen) atoms. The van der Waals surface area contributed by atoms with E-state index in [4.69, 9.17) is 5.73 Å². The largest absolute Gasteiger partial charge is 0.465 e. The van der Waals surface area contributed by atoms with Crippen LogP contribution in [0.25, 0.3) is 0 Å². The molecule has 0 aromatic heterocycles. The van der Waals surface area contributed by atoms with Gasteiger partial charge in [0.1, 0.15) is 0 Å². The number of benzene rings is 1. The van der Waals surface area contributed by atoms with Crippen molar-refractivity contribution in [2.45, 2.75) is 31.7 Å². The van der Waals surface area contributed by atoms with Crippen molar-refractivity contribution in [2.75, 3.05) is 12.4 Å². The van der Waals surface area contributed by atoms with Gasteiger partial charge in [-0.15, -0.1) is 0 Å². The van der Waals surface area contributed by atoms with E-state index in [1.54, 1.807) is 24.3 Å². The molecule has 1 saturated carbocycles. The van der Waals surface area contributed by atoms with Gasteiger partial charge in [0, 0.05) is 17.6 Å². The number of hydrogen-bond donors (Lipinski definition) is 2. The minimum Gasteiger partial charge on any atom is -0.465 e. The van der Waals surface area contributed by atoms with E-state index in [1.807, 2.05) is 0 Å². The molecule has 1 aliphatic rings. The van der Waals surface area contributed by atoms with Crippen molar-refractivity contribution in [1.82, 2.24) is 0 Å². The Labute approximate surface area is 118 Å². The molecule has 3 N–H and O–H groups in total. The molecule has 0 saturated heterocycles. The van der Waals surface area contributed by atoms with Gasteiger partial charge in [-0.2, -0.15) is 0 Å². The molecule has 1 aromatic carbocycles. The molecule has 1 aliphatic carbocycles. The van der Waals surface area contributed by atoms with E-state index in [0.29, 0.717) is 11.3 Å². The number of nitrogens with two attached hydrogens (primary N) is 1. The molecular formula is C15H20N2O3. The van der Waals surface area contributed by atoms with Gasteiger partial charge in [0.15, 0.2) is 0 Å². The van der Waals surface area contributed by atoms with Crippen LogP contribution in [0, 0.1) is 5.92 Å². The molecule has 0 radical (unpaired) electrons. The minimum atomic E-state index is -0.416. The molecule has 0 aliphatic heterocycles. The van der Waals surface area contributed by atoms with Gasteiger partial charge in [-0.05, 0) is 37.5 Å². The van der Waals surface area contributed by atoms with Crippen molar-refractivity contribution in [3.63, 3.8) is 0 Å². The lowest BCUT2D eigenvalue weighted by molar-refractivity contribution is -0.120. The van der Waals surface area contributed by atoms with Crippen molar-refractivity contribution in [1.29, 1.82) is 0 Å². The van der Waals surface area contributed by atoms with Crippen molar-refractivity contribution < 1.29 is 14.3 Å². The summed E-state index contributed by atoms with van der Waals surface area (Å²) < 4.78 is 4.66. The molecule has 0 spiro atoms. The molecule has 5 nitrogen and oxygen atoms in total. The van der Waals surface area contributed by atoms with E-state index in [1.165, 1.54) is 7.11 Å². The first-order chi connectivity index (χ1) is 9.60. The highest BCUT2D eigenvalue weighted by Crippen LogP contribution is 2.24. The number of esters is 1. The van der Waals surface area contributed by atoms with Crippen LogP contribution in [0.15, 0.2) is 24.3 Å². The fourth-order valence-electron chi connectivity index (χ4n) is 2.55. The summed E-state index contributed by atoms with van der Waals surface area (Å²) >= 11 is 0. The van der Waals surface area contributed by atoms with Gasteiger partial charge in [0.2, 0.25) is 5.91 Å². The Kier molecular flexibility index (Phi) is 4.74. The molecular weight excluding hydrogens is 256 g/mol. The number of ether oxygens (including phenoxy) is 1. The van der Waals surface area contributed by atoms with Crippen LogP contribution in [-0.2, 0) is 9.53 Å². The molecule has 1 amide bonds. The molecule has 2 atom stereocenters. The lowest BCUT2D eigenvalue weighted by Crippen LogP contribution is -2.34. The van der Waals surface area contributed by atoms with Crippen LogP contribution in [-0.4, -0.2) is 25.0 Å². The van der Waals surface area contributed by atoms with E-state index < -0.39 is 5.97 Å². The monoisotopic (exact) mass is 276 g/mol. The van der Waals surface area contributed by atoms with Crippen molar-refractivity contribution in [2.24, 2.45) is 11.7 Å². The second-order valence-electron chi connectivity index (χ2n) is 5.19. The Morgan fingerprint density at radius 2 is 2.15 bits per heavy atom. The molecule has 108 valence electrons.